The Balaban J connectivity index is 2.53. The van der Waals surface area contributed by atoms with E-state index in [9.17, 15) is 38.0 Å². The number of rotatable bonds is 8. The van der Waals surface area contributed by atoms with E-state index in [4.69, 9.17) is 9.47 Å². The van der Waals surface area contributed by atoms with E-state index in [1.807, 2.05) is 0 Å². The van der Waals surface area contributed by atoms with Gasteiger partial charge in [0, 0.05) is 18.1 Å². The lowest BCUT2D eigenvalue weighted by molar-refractivity contribution is -0.385. The number of carbonyl (C=O) groups excluding carboxylic acids is 2. The maximum atomic E-state index is 13.4. The molecule has 0 amide bonds. The van der Waals surface area contributed by atoms with Crippen LogP contribution in [0.3, 0.4) is 0 Å². The molecule has 2 aromatic carbocycles. The summed E-state index contributed by atoms with van der Waals surface area (Å²) in [6, 6.07) is 8.14. The maximum Gasteiger partial charge on any atom is 0.416 e. The van der Waals surface area contributed by atoms with Gasteiger partial charge < -0.3 is 19.4 Å². The van der Waals surface area contributed by atoms with E-state index in [0.29, 0.717) is 11.8 Å². The van der Waals surface area contributed by atoms with E-state index in [-0.39, 0.29) is 5.56 Å². The van der Waals surface area contributed by atoms with Crippen LogP contribution in [-0.2, 0) is 26.9 Å². The van der Waals surface area contributed by atoms with E-state index in [1.54, 1.807) is 0 Å². The number of nitro groups is 1. The van der Waals surface area contributed by atoms with Crippen molar-refractivity contribution < 1.29 is 42.3 Å². The minimum Gasteiger partial charge on any atom is -0.550 e. The predicted octanol–water partition coefficient (Wildman–Crippen LogP) is 2.59. The van der Waals surface area contributed by atoms with Gasteiger partial charge in [-0.3, -0.25) is 14.9 Å². The number of methoxy groups -OCH3 is 1. The summed E-state index contributed by atoms with van der Waals surface area (Å²) in [5, 5.41) is 21.9. The summed E-state index contributed by atoms with van der Waals surface area (Å²) in [5.74, 6) is -2.60. The minimum atomic E-state index is -4.90. The second-order valence-corrected chi connectivity index (χ2v) is 6.06. The van der Waals surface area contributed by atoms with Crippen LogP contribution in [0.2, 0.25) is 0 Å². The normalized spacial score (nSPS) is 12.1. The standard InChI is InChI=1S/C19H16F3NO7/c1-29-12-7-5-11(6-8-12)16(30-18(26)10-17(24)25)9-13-14(19(20,21)22)3-2-4-15(13)23(27)28/h2-8,16H,9-10H2,1H3,(H,24,25)/p-1. The van der Waals surface area contributed by atoms with Crippen molar-refractivity contribution in [2.75, 3.05) is 7.11 Å². The zero-order valence-corrected chi connectivity index (χ0v) is 15.5. The molecule has 2 aromatic rings. The van der Waals surface area contributed by atoms with E-state index in [1.165, 1.54) is 31.4 Å². The van der Waals surface area contributed by atoms with Gasteiger partial charge in [0.15, 0.2) is 0 Å². The molecular weight excluding hydrogens is 411 g/mol. The molecule has 0 fully saturated rings. The highest BCUT2D eigenvalue weighted by Crippen LogP contribution is 2.39. The third kappa shape index (κ3) is 5.69. The number of aliphatic carboxylic acids is 1. The Morgan fingerprint density at radius 2 is 1.77 bits per heavy atom. The van der Waals surface area contributed by atoms with Crippen molar-refractivity contribution in [3.05, 3.63) is 69.3 Å². The van der Waals surface area contributed by atoms with Gasteiger partial charge in [-0.05, 0) is 23.8 Å². The number of hydrogen-bond acceptors (Lipinski definition) is 7. The number of ether oxygens (including phenoxy) is 2. The number of halogens is 3. The molecule has 0 heterocycles. The molecule has 0 aliphatic rings. The lowest BCUT2D eigenvalue weighted by atomic mass is 9.95. The molecule has 0 radical (unpaired) electrons. The number of carbonyl (C=O) groups is 2. The van der Waals surface area contributed by atoms with Gasteiger partial charge in [0.1, 0.15) is 11.9 Å². The third-order valence-corrected chi connectivity index (χ3v) is 4.09. The lowest BCUT2D eigenvalue weighted by Crippen LogP contribution is -2.27. The summed E-state index contributed by atoms with van der Waals surface area (Å²) in [5.41, 5.74) is -2.57. The van der Waals surface area contributed by atoms with Gasteiger partial charge in [-0.1, -0.05) is 18.2 Å². The monoisotopic (exact) mass is 426 g/mol. The number of hydrogen-bond donors (Lipinski definition) is 0. The van der Waals surface area contributed by atoms with Crippen LogP contribution in [0, 0.1) is 10.1 Å². The third-order valence-electron chi connectivity index (χ3n) is 4.09. The minimum absolute atomic E-state index is 0.189. The number of carboxylic acids is 1. The van der Waals surface area contributed by atoms with Gasteiger partial charge in [-0.25, -0.2) is 0 Å². The highest BCUT2D eigenvalue weighted by atomic mass is 19.4. The molecule has 8 nitrogen and oxygen atoms in total. The van der Waals surface area contributed by atoms with Crippen LogP contribution in [-0.4, -0.2) is 24.0 Å². The van der Waals surface area contributed by atoms with E-state index in [2.05, 4.69) is 0 Å². The van der Waals surface area contributed by atoms with Crippen LogP contribution in [0.25, 0.3) is 0 Å². The predicted molar refractivity (Wildman–Crippen MR) is 93.3 cm³/mol. The van der Waals surface area contributed by atoms with Gasteiger partial charge in [0.2, 0.25) is 0 Å². The summed E-state index contributed by atoms with van der Waals surface area (Å²) >= 11 is 0. The highest BCUT2D eigenvalue weighted by Gasteiger charge is 2.37. The second kappa shape index (κ2) is 9.25. The Hall–Kier alpha value is -3.63. The number of carboxylic acid groups (broad SMARTS) is 1. The van der Waals surface area contributed by atoms with Crippen molar-refractivity contribution in [3.63, 3.8) is 0 Å². The van der Waals surface area contributed by atoms with Crippen molar-refractivity contribution >= 4 is 17.6 Å². The Kier molecular flexibility index (Phi) is 6.98. The molecular formula is C19H15F3NO7-. The van der Waals surface area contributed by atoms with Gasteiger partial charge in [-0.2, -0.15) is 13.2 Å². The van der Waals surface area contributed by atoms with E-state index < -0.39 is 58.8 Å². The van der Waals surface area contributed by atoms with Crippen LogP contribution >= 0.6 is 0 Å². The molecule has 0 saturated carbocycles. The van der Waals surface area contributed by atoms with Gasteiger partial charge in [0.05, 0.1) is 30.0 Å². The molecule has 1 unspecified atom stereocenters. The van der Waals surface area contributed by atoms with Crippen LogP contribution in [0.1, 0.15) is 29.2 Å². The summed E-state index contributed by atoms with van der Waals surface area (Å²) in [6.07, 6.45) is -8.17. The van der Waals surface area contributed by atoms with Crippen molar-refractivity contribution in [3.8, 4) is 5.75 Å². The average Bonchev–Trinajstić information content (AvgIpc) is 2.66. The van der Waals surface area contributed by atoms with Crippen LogP contribution in [0.4, 0.5) is 18.9 Å². The fourth-order valence-electron chi connectivity index (χ4n) is 2.78. The van der Waals surface area contributed by atoms with Crippen LogP contribution in [0.15, 0.2) is 42.5 Å². The Labute approximate surface area is 168 Å². The first-order chi connectivity index (χ1) is 14.0. The molecule has 0 bridgehead atoms. The molecule has 30 heavy (non-hydrogen) atoms. The number of nitrogens with zero attached hydrogens (tertiary/aromatic N) is 1. The topological polar surface area (TPSA) is 119 Å². The van der Waals surface area contributed by atoms with Gasteiger partial charge in [-0.15, -0.1) is 0 Å². The first kappa shape index (κ1) is 22.7. The van der Waals surface area contributed by atoms with E-state index in [0.717, 1.165) is 12.1 Å². The van der Waals surface area contributed by atoms with Crippen LogP contribution < -0.4 is 9.84 Å². The quantitative estimate of drug-likeness (QED) is 0.275. The molecule has 0 aromatic heterocycles. The lowest BCUT2D eigenvalue weighted by Gasteiger charge is -2.21. The molecule has 0 aliphatic heterocycles. The van der Waals surface area contributed by atoms with Crippen molar-refractivity contribution in [1.29, 1.82) is 0 Å². The van der Waals surface area contributed by atoms with Crippen molar-refractivity contribution in [2.24, 2.45) is 0 Å². The number of esters is 1. The molecule has 0 saturated heterocycles. The molecule has 2 rings (SSSR count). The van der Waals surface area contributed by atoms with Crippen molar-refractivity contribution in [1.82, 2.24) is 0 Å². The van der Waals surface area contributed by atoms with Crippen molar-refractivity contribution in [2.45, 2.75) is 25.1 Å². The summed E-state index contributed by atoms with van der Waals surface area (Å²) < 4.78 is 50.4. The summed E-state index contributed by atoms with van der Waals surface area (Å²) in [6.45, 7) is 0. The second-order valence-electron chi connectivity index (χ2n) is 6.06. The fraction of sp³-hybridized carbons (Fsp3) is 0.263. The summed E-state index contributed by atoms with van der Waals surface area (Å²) in [7, 11) is 1.38. The number of nitro benzene ring substituents is 1. The highest BCUT2D eigenvalue weighted by molar-refractivity contribution is 5.89. The molecule has 0 N–H and O–H groups in total. The first-order valence-corrected chi connectivity index (χ1v) is 8.39. The van der Waals surface area contributed by atoms with Crippen LogP contribution in [0.5, 0.6) is 5.75 Å². The Bertz CT molecular complexity index is 942. The molecule has 160 valence electrons. The maximum absolute atomic E-state index is 13.4. The number of alkyl halides is 3. The van der Waals surface area contributed by atoms with E-state index >= 15 is 0 Å². The SMILES string of the molecule is COc1ccc(C(Cc2c([N+](=O)[O-])cccc2C(F)(F)F)OC(=O)CC(=O)[O-])cc1. The van der Waals surface area contributed by atoms with Gasteiger partial charge in [0.25, 0.3) is 5.69 Å². The average molecular weight is 426 g/mol. The molecule has 0 spiro atoms. The first-order valence-electron chi connectivity index (χ1n) is 8.39. The van der Waals surface area contributed by atoms with Gasteiger partial charge >= 0.3 is 12.1 Å². The zero-order valence-electron chi connectivity index (χ0n) is 15.5. The molecule has 11 heteroatoms. The number of benzene rings is 2. The smallest absolute Gasteiger partial charge is 0.416 e. The fourth-order valence-corrected chi connectivity index (χ4v) is 2.78. The summed E-state index contributed by atoms with van der Waals surface area (Å²) in [4.78, 5) is 32.8. The Morgan fingerprint density at radius 3 is 2.27 bits per heavy atom. The molecule has 1 atom stereocenters. The largest absolute Gasteiger partial charge is 0.550 e. The molecule has 0 aliphatic carbocycles. The Morgan fingerprint density at radius 1 is 1.13 bits per heavy atom. The zero-order chi connectivity index (χ0) is 22.5.